The summed E-state index contributed by atoms with van der Waals surface area (Å²) in [5, 5.41) is 0.189. The van der Waals surface area contributed by atoms with Crippen molar-refractivity contribution in [2.45, 2.75) is 26.7 Å². The fourth-order valence-corrected chi connectivity index (χ4v) is 3.35. The van der Waals surface area contributed by atoms with Gasteiger partial charge in [0.05, 0.1) is 12.1 Å². The largest absolute Gasteiger partial charge is 0.493 e. The van der Waals surface area contributed by atoms with Gasteiger partial charge in [-0.3, -0.25) is 4.79 Å². The number of hydrogen-bond donors (Lipinski definition) is 0. The lowest BCUT2D eigenvalue weighted by atomic mass is 10.1. The first-order chi connectivity index (χ1) is 14.3. The highest BCUT2D eigenvalue weighted by molar-refractivity contribution is 14.1. The van der Waals surface area contributed by atoms with E-state index in [0.29, 0.717) is 12.0 Å². The molecule has 0 N–H and O–H groups in total. The van der Waals surface area contributed by atoms with Crippen LogP contribution in [0.4, 0.5) is 0 Å². The number of nitrogens with zero attached hydrogens (tertiary/aromatic N) is 1. The maximum atomic E-state index is 12.3. The van der Waals surface area contributed by atoms with Gasteiger partial charge in [0.2, 0.25) is 5.90 Å². The third-order valence-electron chi connectivity index (χ3n) is 4.25. The fraction of sp³-hybridized carbons (Fsp3) is 0.227. The van der Waals surface area contributed by atoms with E-state index < -0.39 is 11.9 Å². The number of ether oxygens (including phenoxy) is 3. The molecule has 1 aliphatic heterocycles. The Morgan fingerprint density at radius 1 is 1.30 bits per heavy atom. The summed E-state index contributed by atoms with van der Waals surface area (Å²) in [7, 11) is 1.44. The second kappa shape index (κ2) is 9.61. The molecule has 156 valence electrons. The summed E-state index contributed by atoms with van der Waals surface area (Å²) in [6.07, 6.45) is 2.47. The molecule has 3 rings (SSSR count). The average Bonchev–Trinajstić information content (AvgIpc) is 3.06. The summed E-state index contributed by atoms with van der Waals surface area (Å²) in [4.78, 5) is 28.4. The number of hydrogen-bond acceptors (Lipinski definition) is 6. The molecule has 2 aromatic carbocycles. The summed E-state index contributed by atoms with van der Waals surface area (Å²) < 4.78 is 17.1. The summed E-state index contributed by atoms with van der Waals surface area (Å²) in [5.41, 5.74) is 2.48. The Balaban J connectivity index is 1.92. The summed E-state index contributed by atoms with van der Waals surface area (Å²) in [6.45, 7) is 3.85. The maximum Gasteiger partial charge on any atom is 0.363 e. The van der Waals surface area contributed by atoms with Gasteiger partial charge in [0.15, 0.2) is 17.2 Å². The van der Waals surface area contributed by atoms with Gasteiger partial charge >= 0.3 is 11.9 Å². The minimum atomic E-state index is -0.560. The maximum absolute atomic E-state index is 12.3. The first-order valence-electron chi connectivity index (χ1n) is 9.19. The van der Waals surface area contributed by atoms with Gasteiger partial charge in [0.25, 0.3) is 0 Å². The van der Waals surface area contributed by atoms with Crippen LogP contribution in [0.15, 0.2) is 41.0 Å². The van der Waals surface area contributed by atoms with Crippen LogP contribution >= 0.6 is 34.2 Å². The van der Waals surface area contributed by atoms with Crippen LogP contribution in [-0.4, -0.2) is 24.9 Å². The van der Waals surface area contributed by atoms with Crippen LogP contribution in [-0.2, 0) is 14.3 Å². The molecule has 1 aliphatic rings. The minimum Gasteiger partial charge on any atom is -0.493 e. The van der Waals surface area contributed by atoms with Crippen LogP contribution in [0, 0.1) is 10.5 Å². The lowest BCUT2D eigenvalue weighted by molar-refractivity contribution is -0.134. The predicted molar refractivity (Wildman–Crippen MR) is 123 cm³/mol. The molecule has 30 heavy (non-hydrogen) atoms. The number of halogens is 2. The first-order valence-corrected chi connectivity index (χ1v) is 10.6. The Morgan fingerprint density at radius 2 is 2.07 bits per heavy atom. The van der Waals surface area contributed by atoms with E-state index in [2.05, 4.69) is 27.6 Å². The van der Waals surface area contributed by atoms with Crippen molar-refractivity contribution in [3.8, 4) is 11.5 Å². The second-order valence-electron chi connectivity index (χ2n) is 6.56. The van der Waals surface area contributed by atoms with Crippen molar-refractivity contribution in [2.24, 2.45) is 4.99 Å². The highest BCUT2D eigenvalue weighted by atomic mass is 127. The van der Waals surface area contributed by atoms with Gasteiger partial charge in [-0.25, -0.2) is 9.79 Å². The van der Waals surface area contributed by atoms with Crippen molar-refractivity contribution in [3.05, 3.63) is 61.3 Å². The van der Waals surface area contributed by atoms with Crippen molar-refractivity contribution in [1.82, 2.24) is 0 Å². The van der Waals surface area contributed by atoms with E-state index in [0.717, 1.165) is 14.7 Å². The lowest BCUT2D eigenvalue weighted by Gasteiger charge is -2.11. The normalized spacial score (nSPS) is 14.5. The van der Waals surface area contributed by atoms with Gasteiger partial charge in [-0.2, -0.15) is 0 Å². The third-order valence-corrected chi connectivity index (χ3v) is 5.74. The molecule has 8 heteroatoms. The van der Waals surface area contributed by atoms with E-state index >= 15 is 0 Å². The van der Waals surface area contributed by atoms with Gasteiger partial charge in [-0.05, 0) is 83.5 Å². The van der Waals surface area contributed by atoms with E-state index in [1.807, 2.05) is 32.0 Å². The van der Waals surface area contributed by atoms with Gasteiger partial charge in [0.1, 0.15) is 0 Å². The molecule has 0 bridgehead atoms. The number of benzene rings is 2. The van der Waals surface area contributed by atoms with Crippen molar-refractivity contribution < 1.29 is 23.8 Å². The number of rotatable bonds is 6. The number of aliphatic imine (C=N–C) groups is 1. The summed E-state index contributed by atoms with van der Waals surface area (Å²) in [5.74, 6) is -0.288. The molecule has 6 nitrogen and oxygen atoms in total. The SMILES string of the molecule is CCCC(=O)Oc1c(Cl)cc(/C=C2\N=C(c3ccc(I)c(C)c3)OC2=O)cc1OC. The van der Waals surface area contributed by atoms with Gasteiger partial charge in [0, 0.05) is 15.6 Å². The zero-order chi connectivity index (χ0) is 21.8. The van der Waals surface area contributed by atoms with Gasteiger partial charge in [-0.1, -0.05) is 18.5 Å². The highest BCUT2D eigenvalue weighted by Crippen LogP contribution is 2.37. The van der Waals surface area contributed by atoms with E-state index in [1.165, 1.54) is 7.11 Å². The second-order valence-corrected chi connectivity index (χ2v) is 8.13. The molecule has 0 saturated carbocycles. The lowest BCUT2D eigenvalue weighted by Crippen LogP contribution is -2.08. The molecular formula is C22H19ClINO5. The van der Waals surface area contributed by atoms with Crippen LogP contribution in [0.5, 0.6) is 11.5 Å². The van der Waals surface area contributed by atoms with E-state index in [1.54, 1.807) is 18.2 Å². The Morgan fingerprint density at radius 3 is 2.73 bits per heavy atom. The van der Waals surface area contributed by atoms with E-state index in [-0.39, 0.29) is 34.5 Å². The van der Waals surface area contributed by atoms with Crippen molar-refractivity contribution >= 4 is 58.1 Å². The van der Waals surface area contributed by atoms with Crippen LogP contribution in [0.1, 0.15) is 36.5 Å². The molecule has 0 atom stereocenters. The summed E-state index contributed by atoms with van der Waals surface area (Å²) >= 11 is 8.53. The number of carbonyl (C=O) groups excluding carboxylic acids is 2. The molecule has 0 radical (unpaired) electrons. The van der Waals surface area contributed by atoms with Crippen LogP contribution in [0.25, 0.3) is 6.08 Å². The van der Waals surface area contributed by atoms with E-state index in [9.17, 15) is 9.59 Å². The fourth-order valence-electron chi connectivity index (χ4n) is 2.76. The first kappa shape index (κ1) is 22.3. The Labute approximate surface area is 193 Å². The van der Waals surface area contributed by atoms with Crippen molar-refractivity contribution in [2.75, 3.05) is 7.11 Å². The number of methoxy groups -OCH3 is 1. The Bertz CT molecular complexity index is 1080. The monoisotopic (exact) mass is 539 g/mol. The third kappa shape index (κ3) is 5.02. The number of cyclic esters (lactones) is 1. The molecule has 0 unspecified atom stereocenters. The molecule has 0 saturated heterocycles. The molecule has 1 heterocycles. The molecule has 0 aromatic heterocycles. The molecule has 0 amide bonds. The van der Waals surface area contributed by atoms with Gasteiger partial charge < -0.3 is 14.2 Å². The predicted octanol–water partition coefficient (Wildman–Crippen LogP) is 5.31. The zero-order valence-corrected chi connectivity index (χ0v) is 19.5. The van der Waals surface area contributed by atoms with Crippen molar-refractivity contribution in [3.63, 3.8) is 0 Å². The van der Waals surface area contributed by atoms with Gasteiger partial charge in [-0.15, -0.1) is 0 Å². The van der Waals surface area contributed by atoms with E-state index in [4.69, 9.17) is 25.8 Å². The van der Waals surface area contributed by atoms with Crippen LogP contribution < -0.4 is 9.47 Å². The molecular weight excluding hydrogens is 521 g/mol. The summed E-state index contributed by atoms with van der Waals surface area (Å²) in [6, 6.07) is 8.89. The van der Waals surface area contributed by atoms with Crippen LogP contribution in [0.3, 0.4) is 0 Å². The topological polar surface area (TPSA) is 74.2 Å². The molecule has 2 aromatic rings. The minimum absolute atomic E-state index is 0.134. The standard InChI is InChI=1S/C22H19ClINO5/c1-4-5-19(26)29-20-15(23)9-13(11-18(20)28-3)10-17-22(27)30-21(25-17)14-6-7-16(24)12(2)8-14/h6-11H,4-5H2,1-3H3/b17-10-. The molecule has 0 aliphatic carbocycles. The smallest absolute Gasteiger partial charge is 0.363 e. The average molecular weight is 540 g/mol. The molecule has 0 spiro atoms. The number of carbonyl (C=O) groups is 2. The quantitative estimate of drug-likeness (QED) is 0.215. The Kier molecular flexibility index (Phi) is 7.14. The number of esters is 2. The zero-order valence-electron chi connectivity index (χ0n) is 16.6. The molecule has 0 fully saturated rings. The number of aryl methyl sites for hydroxylation is 1. The van der Waals surface area contributed by atoms with Crippen molar-refractivity contribution in [1.29, 1.82) is 0 Å². The Hall–Kier alpha value is -2.39. The van der Waals surface area contributed by atoms with Crippen LogP contribution in [0.2, 0.25) is 5.02 Å². The highest BCUT2D eigenvalue weighted by Gasteiger charge is 2.25.